The zero-order valence-corrected chi connectivity index (χ0v) is 11.1. The lowest BCUT2D eigenvalue weighted by Gasteiger charge is -1.98. The molecule has 1 rings (SSSR count). The summed E-state index contributed by atoms with van der Waals surface area (Å²) in [6, 6.07) is 8.02. The third-order valence-electron chi connectivity index (χ3n) is 2.28. The van der Waals surface area contributed by atoms with Crippen LogP contribution in [0.15, 0.2) is 34.3 Å². The second-order valence-corrected chi connectivity index (χ2v) is 4.55. The van der Waals surface area contributed by atoms with Crippen LogP contribution in [0.4, 0.5) is 0 Å². The van der Waals surface area contributed by atoms with Crippen molar-refractivity contribution in [3.63, 3.8) is 0 Å². The third kappa shape index (κ3) is 5.54. The fourth-order valence-electron chi connectivity index (χ4n) is 1.26. The number of rotatable bonds is 6. The third-order valence-corrected chi connectivity index (χ3v) is 3.02. The Balaban J connectivity index is 2.39. The van der Waals surface area contributed by atoms with Gasteiger partial charge in [-0.2, -0.15) is 5.10 Å². The van der Waals surface area contributed by atoms with Crippen molar-refractivity contribution in [1.29, 1.82) is 0 Å². The summed E-state index contributed by atoms with van der Waals surface area (Å²) >= 11 is 1.70. The molecule has 0 heterocycles. The molecule has 0 aliphatic rings. The van der Waals surface area contributed by atoms with Crippen molar-refractivity contribution >= 4 is 23.9 Å². The van der Waals surface area contributed by atoms with E-state index in [1.165, 1.54) is 4.90 Å². The first-order valence-electron chi connectivity index (χ1n) is 5.72. The van der Waals surface area contributed by atoms with Gasteiger partial charge in [0.2, 0.25) is 5.91 Å². The largest absolute Gasteiger partial charge is 0.273 e. The van der Waals surface area contributed by atoms with Gasteiger partial charge < -0.3 is 0 Å². The molecule has 3 nitrogen and oxygen atoms in total. The molecular weight excluding hydrogens is 232 g/mol. The smallest absolute Gasteiger partial charge is 0.240 e. The Kier molecular flexibility index (Phi) is 6.40. The maximum atomic E-state index is 11.3. The maximum absolute atomic E-state index is 11.3. The van der Waals surface area contributed by atoms with Crippen LogP contribution in [-0.4, -0.2) is 18.4 Å². The highest BCUT2D eigenvalue weighted by Gasteiger charge is 1.96. The number of benzene rings is 1. The van der Waals surface area contributed by atoms with Gasteiger partial charge in [0.25, 0.3) is 0 Å². The normalized spacial score (nSPS) is 10.7. The highest BCUT2D eigenvalue weighted by molar-refractivity contribution is 7.98. The van der Waals surface area contributed by atoms with Gasteiger partial charge in [-0.15, -0.1) is 11.8 Å². The molecule has 0 atom stereocenters. The van der Waals surface area contributed by atoms with Crippen molar-refractivity contribution in [1.82, 2.24) is 5.43 Å². The Morgan fingerprint density at radius 2 is 2.12 bits per heavy atom. The van der Waals surface area contributed by atoms with E-state index in [0.717, 1.165) is 18.4 Å². The lowest BCUT2D eigenvalue weighted by atomic mass is 10.2. The van der Waals surface area contributed by atoms with Crippen molar-refractivity contribution in [2.75, 3.05) is 6.26 Å². The minimum atomic E-state index is -0.0242. The summed E-state index contributed by atoms with van der Waals surface area (Å²) < 4.78 is 0. The Morgan fingerprint density at radius 1 is 1.41 bits per heavy atom. The highest BCUT2D eigenvalue weighted by atomic mass is 32.2. The van der Waals surface area contributed by atoms with Crippen molar-refractivity contribution < 1.29 is 4.79 Å². The summed E-state index contributed by atoms with van der Waals surface area (Å²) in [5.74, 6) is -0.0242. The van der Waals surface area contributed by atoms with Gasteiger partial charge in [0.05, 0.1) is 6.21 Å². The van der Waals surface area contributed by atoms with Crippen LogP contribution < -0.4 is 5.43 Å². The lowest BCUT2D eigenvalue weighted by molar-refractivity contribution is -0.121. The zero-order chi connectivity index (χ0) is 12.5. The maximum Gasteiger partial charge on any atom is 0.240 e. The number of nitrogens with zero attached hydrogens (tertiary/aromatic N) is 1. The highest BCUT2D eigenvalue weighted by Crippen LogP contribution is 2.13. The molecule has 1 amide bonds. The molecule has 0 aliphatic carbocycles. The van der Waals surface area contributed by atoms with Gasteiger partial charge in [-0.25, -0.2) is 5.43 Å². The number of hydrogen-bond acceptors (Lipinski definition) is 3. The molecule has 0 bridgehead atoms. The summed E-state index contributed by atoms with van der Waals surface area (Å²) in [7, 11) is 0. The van der Waals surface area contributed by atoms with E-state index < -0.39 is 0 Å². The number of amides is 1. The van der Waals surface area contributed by atoms with Crippen molar-refractivity contribution in [3.05, 3.63) is 29.8 Å². The van der Waals surface area contributed by atoms with E-state index in [1.54, 1.807) is 18.0 Å². The predicted molar refractivity (Wildman–Crippen MR) is 73.5 cm³/mol. The topological polar surface area (TPSA) is 41.5 Å². The molecule has 0 aromatic heterocycles. The Labute approximate surface area is 107 Å². The molecule has 0 saturated heterocycles. The van der Waals surface area contributed by atoms with Crippen molar-refractivity contribution in [3.8, 4) is 0 Å². The zero-order valence-electron chi connectivity index (χ0n) is 10.3. The Morgan fingerprint density at radius 3 is 2.71 bits per heavy atom. The first-order chi connectivity index (χ1) is 8.26. The van der Waals surface area contributed by atoms with Crippen LogP contribution in [0.3, 0.4) is 0 Å². The predicted octanol–water partition coefficient (Wildman–Crippen LogP) is 3.05. The van der Waals surface area contributed by atoms with Crippen molar-refractivity contribution in [2.24, 2.45) is 5.10 Å². The number of carbonyl (C=O) groups is 1. The Hall–Kier alpha value is -1.29. The van der Waals surface area contributed by atoms with E-state index in [2.05, 4.69) is 17.5 Å². The van der Waals surface area contributed by atoms with Gasteiger partial charge in [-0.3, -0.25) is 4.79 Å². The summed E-state index contributed by atoms with van der Waals surface area (Å²) in [6.07, 6.45) is 6.17. The van der Waals surface area contributed by atoms with E-state index in [9.17, 15) is 4.79 Å². The van der Waals surface area contributed by atoms with Gasteiger partial charge in [0.15, 0.2) is 0 Å². The minimum Gasteiger partial charge on any atom is -0.273 e. The molecule has 0 aliphatic heterocycles. The SMILES string of the molecule is CCCCC(=O)N/N=C/c1ccc(SC)cc1. The van der Waals surface area contributed by atoms with Gasteiger partial charge >= 0.3 is 0 Å². The molecule has 1 N–H and O–H groups in total. The molecular formula is C13H18N2OS. The monoisotopic (exact) mass is 250 g/mol. The number of hydrazone groups is 1. The summed E-state index contributed by atoms with van der Waals surface area (Å²) in [5.41, 5.74) is 3.50. The molecule has 0 radical (unpaired) electrons. The number of hydrogen-bond donors (Lipinski definition) is 1. The number of unbranched alkanes of at least 4 members (excludes halogenated alkanes) is 1. The molecule has 4 heteroatoms. The number of nitrogens with one attached hydrogen (secondary N) is 1. The second-order valence-electron chi connectivity index (χ2n) is 3.67. The molecule has 0 fully saturated rings. The number of thioether (sulfide) groups is 1. The minimum absolute atomic E-state index is 0.0242. The van der Waals surface area contributed by atoms with Crippen LogP contribution in [0.5, 0.6) is 0 Å². The first-order valence-corrected chi connectivity index (χ1v) is 6.94. The van der Waals surface area contributed by atoms with E-state index in [0.29, 0.717) is 6.42 Å². The summed E-state index contributed by atoms with van der Waals surface area (Å²) in [6.45, 7) is 2.06. The van der Waals surface area contributed by atoms with E-state index in [1.807, 2.05) is 30.5 Å². The van der Waals surface area contributed by atoms with E-state index in [-0.39, 0.29) is 5.91 Å². The van der Waals surface area contributed by atoms with Crippen LogP contribution in [0, 0.1) is 0 Å². The van der Waals surface area contributed by atoms with E-state index >= 15 is 0 Å². The fourth-order valence-corrected chi connectivity index (χ4v) is 1.67. The average molecular weight is 250 g/mol. The quantitative estimate of drug-likeness (QED) is 0.479. The lowest BCUT2D eigenvalue weighted by Crippen LogP contribution is -2.16. The molecule has 1 aromatic rings. The second kappa shape index (κ2) is 7.90. The molecule has 92 valence electrons. The molecule has 1 aromatic carbocycles. The molecule has 17 heavy (non-hydrogen) atoms. The van der Waals surface area contributed by atoms with Crippen LogP contribution in [0.1, 0.15) is 31.7 Å². The van der Waals surface area contributed by atoms with Crippen LogP contribution >= 0.6 is 11.8 Å². The summed E-state index contributed by atoms with van der Waals surface area (Å²) in [5, 5.41) is 3.92. The molecule has 0 saturated carbocycles. The fraction of sp³-hybridized carbons (Fsp3) is 0.385. The average Bonchev–Trinajstić information content (AvgIpc) is 2.37. The summed E-state index contributed by atoms with van der Waals surface area (Å²) in [4.78, 5) is 12.5. The van der Waals surface area contributed by atoms with Crippen LogP contribution in [0.25, 0.3) is 0 Å². The van der Waals surface area contributed by atoms with Crippen LogP contribution in [0.2, 0.25) is 0 Å². The van der Waals surface area contributed by atoms with Gasteiger partial charge in [0.1, 0.15) is 0 Å². The first kappa shape index (κ1) is 13.8. The van der Waals surface area contributed by atoms with Gasteiger partial charge in [-0.1, -0.05) is 25.5 Å². The van der Waals surface area contributed by atoms with E-state index in [4.69, 9.17) is 0 Å². The molecule has 0 spiro atoms. The van der Waals surface area contributed by atoms with Crippen molar-refractivity contribution in [2.45, 2.75) is 31.1 Å². The van der Waals surface area contributed by atoms with Gasteiger partial charge in [-0.05, 0) is 30.4 Å². The molecule has 0 unspecified atom stereocenters. The van der Waals surface area contributed by atoms with Crippen LogP contribution in [-0.2, 0) is 4.79 Å². The number of carbonyl (C=O) groups excluding carboxylic acids is 1. The Bertz CT molecular complexity index is 374. The van der Waals surface area contributed by atoms with Gasteiger partial charge in [0, 0.05) is 11.3 Å². The standard InChI is InChI=1S/C13H18N2OS/c1-3-4-5-13(16)15-14-10-11-6-8-12(17-2)9-7-11/h6-10H,3-5H2,1-2H3,(H,15,16)/b14-10+.